The molecule has 0 aliphatic heterocycles. The number of para-hydroxylation sites is 1. The van der Waals surface area contributed by atoms with E-state index in [0.29, 0.717) is 25.4 Å². The molecule has 0 atom stereocenters. The van der Waals surface area contributed by atoms with Crippen molar-refractivity contribution in [2.24, 2.45) is 0 Å². The summed E-state index contributed by atoms with van der Waals surface area (Å²) in [6.07, 6.45) is -4.20. The molecule has 0 radical (unpaired) electrons. The normalized spacial score (nSPS) is 11.9. The zero-order chi connectivity index (χ0) is 15.0. The number of nitrogens with zero attached hydrogens (tertiary/aromatic N) is 1. The fraction of sp³-hybridized carbons (Fsp3) is 0.571. The van der Waals surface area contributed by atoms with Gasteiger partial charge in [-0.05, 0) is 20.0 Å². The van der Waals surface area contributed by atoms with Gasteiger partial charge in [0.1, 0.15) is 5.75 Å². The summed E-state index contributed by atoms with van der Waals surface area (Å²) in [7, 11) is 1.72. The van der Waals surface area contributed by atoms with E-state index < -0.39 is 12.7 Å². The Hall–Kier alpha value is -1.27. The predicted octanol–water partition coefficient (Wildman–Crippen LogP) is 2.67. The number of ether oxygens (including phenoxy) is 1. The zero-order valence-corrected chi connectivity index (χ0v) is 11.8. The van der Waals surface area contributed by atoms with E-state index in [4.69, 9.17) is 4.74 Å². The van der Waals surface area contributed by atoms with Crippen LogP contribution in [0.4, 0.5) is 13.2 Å². The van der Waals surface area contributed by atoms with Crippen LogP contribution in [0.15, 0.2) is 24.3 Å². The monoisotopic (exact) mass is 290 g/mol. The average Bonchev–Trinajstić information content (AvgIpc) is 2.37. The molecule has 0 unspecified atom stereocenters. The van der Waals surface area contributed by atoms with E-state index in [1.807, 2.05) is 19.1 Å². The molecule has 3 nitrogen and oxygen atoms in total. The van der Waals surface area contributed by atoms with E-state index in [9.17, 15) is 13.2 Å². The van der Waals surface area contributed by atoms with Crippen molar-refractivity contribution in [3.05, 3.63) is 29.8 Å². The maximum absolute atomic E-state index is 12.6. The minimum atomic E-state index is -4.20. The number of hydrogen-bond acceptors (Lipinski definition) is 3. The van der Waals surface area contributed by atoms with Crippen LogP contribution in [0.2, 0.25) is 0 Å². The van der Waals surface area contributed by atoms with E-state index in [1.54, 1.807) is 19.2 Å². The topological polar surface area (TPSA) is 24.5 Å². The van der Waals surface area contributed by atoms with Gasteiger partial charge >= 0.3 is 6.18 Å². The smallest absolute Gasteiger partial charge is 0.401 e. The van der Waals surface area contributed by atoms with Gasteiger partial charge < -0.3 is 10.1 Å². The van der Waals surface area contributed by atoms with Crippen molar-refractivity contribution in [3.63, 3.8) is 0 Å². The number of rotatable bonds is 8. The molecule has 0 spiro atoms. The third kappa shape index (κ3) is 6.25. The first kappa shape index (κ1) is 16.8. The van der Waals surface area contributed by atoms with E-state index in [0.717, 1.165) is 5.56 Å². The summed E-state index contributed by atoms with van der Waals surface area (Å²) < 4.78 is 43.2. The number of likely N-dealkylation sites (N-methyl/N-ethyl adjacent to an activating group) is 1. The standard InChI is InChI=1S/C14H21F3N2O/c1-3-20-13-7-5-4-6-12(13)10-19(9-8-18-2)11-14(15,16)17/h4-7,18H,3,8-11H2,1-2H3. The fourth-order valence-electron chi connectivity index (χ4n) is 1.91. The lowest BCUT2D eigenvalue weighted by atomic mass is 10.2. The summed E-state index contributed by atoms with van der Waals surface area (Å²) in [5, 5.41) is 2.87. The predicted molar refractivity (Wildman–Crippen MR) is 72.9 cm³/mol. The molecule has 0 saturated heterocycles. The SMILES string of the molecule is CCOc1ccccc1CN(CCNC)CC(F)(F)F. The molecule has 0 bridgehead atoms. The van der Waals surface area contributed by atoms with Gasteiger partial charge in [-0.2, -0.15) is 13.2 Å². The van der Waals surface area contributed by atoms with E-state index in [-0.39, 0.29) is 6.54 Å². The first-order chi connectivity index (χ1) is 9.46. The van der Waals surface area contributed by atoms with Gasteiger partial charge in [-0.1, -0.05) is 18.2 Å². The lowest BCUT2D eigenvalue weighted by Gasteiger charge is -2.24. The Morgan fingerprint density at radius 1 is 1.25 bits per heavy atom. The van der Waals surface area contributed by atoms with Gasteiger partial charge in [0.15, 0.2) is 0 Å². The highest BCUT2D eigenvalue weighted by Gasteiger charge is 2.30. The number of halogens is 3. The van der Waals surface area contributed by atoms with Gasteiger partial charge in [0.05, 0.1) is 13.2 Å². The van der Waals surface area contributed by atoms with Crippen molar-refractivity contribution in [1.82, 2.24) is 10.2 Å². The molecule has 114 valence electrons. The highest BCUT2D eigenvalue weighted by Crippen LogP contribution is 2.22. The minimum Gasteiger partial charge on any atom is -0.494 e. The minimum absolute atomic E-state index is 0.220. The van der Waals surface area contributed by atoms with Crippen LogP contribution in [-0.4, -0.2) is 44.4 Å². The summed E-state index contributed by atoms with van der Waals surface area (Å²) in [4.78, 5) is 1.37. The molecule has 0 saturated carbocycles. The molecule has 1 rings (SSSR count). The molecule has 0 aromatic heterocycles. The second-order valence-corrected chi connectivity index (χ2v) is 4.47. The highest BCUT2D eigenvalue weighted by molar-refractivity contribution is 5.33. The molecule has 1 N–H and O–H groups in total. The second kappa shape index (κ2) is 8.11. The molecule has 0 fully saturated rings. The van der Waals surface area contributed by atoms with Crippen molar-refractivity contribution >= 4 is 0 Å². The lowest BCUT2D eigenvalue weighted by Crippen LogP contribution is -2.37. The molecule has 1 aromatic rings. The largest absolute Gasteiger partial charge is 0.494 e. The van der Waals surface area contributed by atoms with Gasteiger partial charge in [-0.25, -0.2) is 0 Å². The summed E-state index contributed by atoms with van der Waals surface area (Å²) in [6.45, 7) is 2.48. The number of benzene rings is 1. The molecular formula is C14H21F3N2O. The van der Waals surface area contributed by atoms with Crippen LogP contribution in [0.25, 0.3) is 0 Å². The van der Waals surface area contributed by atoms with Crippen LogP contribution >= 0.6 is 0 Å². The second-order valence-electron chi connectivity index (χ2n) is 4.47. The van der Waals surface area contributed by atoms with Crippen molar-refractivity contribution in [2.45, 2.75) is 19.6 Å². The van der Waals surface area contributed by atoms with Crippen LogP contribution in [0, 0.1) is 0 Å². The molecule has 0 aliphatic carbocycles. The van der Waals surface area contributed by atoms with Crippen molar-refractivity contribution in [1.29, 1.82) is 0 Å². The lowest BCUT2D eigenvalue weighted by molar-refractivity contribution is -0.147. The van der Waals surface area contributed by atoms with Crippen molar-refractivity contribution in [2.75, 3.05) is 33.3 Å². The molecule has 0 heterocycles. The molecule has 20 heavy (non-hydrogen) atoms. The van der Waals surface area contributed by atoms with Crippen LogP contribution in [0.1, 0.15) is 12.5 Å². The van der Waals surface area contributed by atoms with E-state index >= 15 is 0 Å². The van der Waals surface area contributed by atoms with Crippen molar-refractivity contribution < 1.29 is 17.9 Å². The van der Waals surface area contributed by atoms with E-state index in [1.165, 1.54) is 4.90 Å². The number of nitrogens with one attached hydrogen (secondary N) is 1. The van der Waals surface area contributed by atoms with E-state index in [2.05, 4.69) is 5.32 Å². The van der Waals surface area contributed by atoms with Gasteiger partial charge in [0, 0.05) is 25.2 Å². The van der Waals surface area contributed by atoms with Crippen LogP contribution in [0.5, 0.6) is 5.75 Å². The molecule has 1 aromatic carbocycles. The summed E-state index contributed by atoms with van der Waals surface area (Å²) in [6, 6.07) is 7.20. The van der Waals surface area contributed by atoms with Gasteiger partial charge in [-0.3, -0.25) is 4.90 Å². The average molecular weight is 290 g/mol. The first-order valence-corrected chi connectivity index (χ1v) is 6.60. The summed E-state index contributed by atoms with van der Waals surface area (Å²) in [5.74, 6) is 0.645. The van der Waals surface area contributed by atoms with Crippen LogP contribution < -0.4 is 10.1 Å². The molecule has 0 amide bonds. The first-order valence-electron chi connectivity index (χ1n) is 6.60. The van der Waals surface area contributed by atoms with Gasteiger partial charge in [0.2, 0.25) is 0 Å². The third-order valence-corrected chi connectivity index (χ3v) is 2.75. The third-order valence-electron chi connectivity index (χ3n) is 2.75. The molecule has 6 heteroatoms. The Kier molecular flexibility index (Phi) is 6.81. The summed E-state index contributed by atoms with van der Waals surface area (Å²) in [5.41, 5.74) is 0.773. The highest BCUT2D eigenvalue weighted by atomic mass is 19.4. The van der Waals surface area contributed by atoms with Crippen LogP contribution in [0.3, 0.4) is 0 Å². The van der Waals surface area contributed by atoms with Crippen molar-refractivity contribution in [3.8, 4) is 5.75 Å². The van der Waals surface area contributed by atoms with Gasteiger partial charge in [0.25, 0.3) is 0 Å². The Bertz CT molecular complexity index is 396. The zero-order valence-electron chi connectivity index (χ0n) is 11.8. The van der Waals surface area contributed by atoms with Gasteiger partial charge in [-0.15, -0.1) is 0 Å². The number of alkyl halides is 3. The molecule has 0 aliphatic rings. The summed E-state index contributed by atoms with van der Waals surface area (Å²) >= 11 is 0. The fourth-order valence-corrected chi connectivity index (χ4v) is 1.91. The maximum atomic E-state index is 12.6. The Morgan fingerprint density at radius 3 is 2.55 bits per heavy atom. The Labute approximate surface area is 117 Å². The molecular weight excluding hydrogens is 269 g/mol. The Balaban J connectivity index is 2.77. The maximum Gasteiger partial charge on any atom is 0.401 e. The number of hydrogen-bond donors (Lipinski definition) is 1. The Morgan fingerprint density at radius 2 is 1.95 bits per heavy atom. The van der Waals surface area contributed by atoms with Crippen LogP contribution in [-0.2, 0) is 6.54 Å². The quantitative estimate of drug-likeness (QED) is 0.796.